The first kappa shape index (κ1) is 18.2. The summed E-state index contributed by atoms with van der Waals surface area (Å²) in [6.07, 6.45) is 10.0. The number of hydrogen-bond acceptors (Lipinski definition) is 6. The molecule has 154 valence electrons. The number of likely N-dealkylation sites (tertiary alicyclic amines) is 1. The zero-order chi connectivity index (χ0) is 19.4. The monoisotopic (exact) mass is 410 g/mol. The molecule has 2 fully saturated rings. The van der Waals surface area contributed by atoms with Gasteiger partial charge in [0.1, 0.15) is 0 Å². The van der Waals surface area contributed by atoms with Crippen molar-refractivity contribution in [2.24, 2.45) is 5.41 Å². The van der Waals surface area contributed by atoms with Crippen molar-refractivity contribution in [3.8, 4) is 0 Å². The van der Waals surface area contributed by atoms with E-state index in [0.29, 0.717) is 5.41 Å². The Morgan fingerprint density at radius 3 is 2.41 bits per heavy atom. The molecule has 2 aromatic rings. The van der Waals surface area contributed by atoms with E-state index in [1.54, 1.807) is 23.1 Å². The predicted molar refractivity (Wildman–Crippen MR) is 117 cm³/mol. The van der Waals surface area contributed by atoms with Crippen LogP contribution in [0.15, 0.2) is 11.2 Å². The molecule has 29 heavy (non-hydrogen) atoms. The number of nitrogens with zero attached hydrogens (tertiary/aromatic N) is 4. The molecule has 7 heteroatoms. The lowest BCUT2D eigenvalue weighted by molar-refractivity contribution is 0.0134. The van der Waals surface area contributed by atoms with Crippen LogP contribution in [0.1, 0.15) is 47.9 Å². The molecule has 0 saturated carbocycles. The van der Waals surface area contributed by atoms with E-state index in [-0.39, 0.29) is 0 Å². The number of anilines is 2. The maximum absolute atomic E-state index is 4.76. The molecule has 6 nitrogen and oxygen atoms in total. The number of aromatic nitrogens is 3. The molecule has 0 atom stereocenters. The first-order valence-corrected chi connectivity index (χ1v) is 11.9. The zero-order valence-electron chi connectivity index (χ0n) is 17.3. The molecule has 1 aromatic heterocycles. The number of H-pyrrole nitrogens is 1. The van der Waals surface area contributed by atoms with E-state index < -0.39 is 0 Å². The van der Waals surface area contributed by atoms with Crippen LogP contribution in [0.4, 0.5) is 11.6 Å². The number of aromatic amines is 1. The van der Waals surface area contributed by atoms with E-state index in [1.165, 1.54) is 94.4 Å². The Balaban J connectivity index is 1.14. The topological polar surface area (TPSA) is 60.1 Å². The van der Waals surface area contributed by atoms with Crippen molar-refractivity contribution in [2.45, 2.75) is 56.5 Å². The molecule has 0 radical (unpaired) electrons. The van der Waals surface area contributed by atoms with Crippen molar-refractivity contribution in [1.82, 2.24) is 24.4 Å². The zero-order valence-corrected chi connectivity index (χ0v) is 18.1. The summed E-state index contributed by atoms with van der Waals surface area (Å²) in [5, 5.41) is 12.1. The van der Waals surface area contributed by atoms with Gasteiger partial charge in [0.25, 0.3) is 0 Å². The second-order valence-electron chi connectivity index (χ2n) is 9.52. The summed E-state index contributed by atoms with van der Waals surface area (Å²) in [5.74, 6) is 0.788. The van der Waals surface area contributed by atoms with Crippen LogP contribution < -0.4 is 5.32 Å². The molecule has 0 unspecified atom stereocenters. The maximum atomic E-state index is 4.76. The molecule has 2 saturated heterocycles. The second kappa shape index (κ2) is 7.00. The van der Waals surface area contributed by atoms with Crippen LogP contribution in [0.3, 0.4) is 0 Å². The van der Waals surface area contributed by atoms with E-state index in [9.17, 15) is 0 Å². The predicted octanol–water partition coefficient (Wildman–Crippen LogP) is 3.56. The molecule has 1 aromatic carbocycles. The fourth-order valence-corrected chi connectivity index (χ4v) is 6.85. The van der Waals surface area contributed by atoms with Crippen LogP contribution in [0.25, 0.3) is 0 Å². The molecule has 6 rings (SSSR count). The minimum absolute atomic E-state index is 0.544. The molecule has 2 N–H and O–H groups in total. The van der Waals surface area contributed by atoms with Gasteiger partial charge in [-0.25, -0.2) is 9.40 Å². The molecular formula is C22H30N6S. The van der Waals surface area contributed by atoms with Crippen LogP contribution >= 0.6 is 11.9 Å². The van der Waals surface area contributed by atoms with Gasteiger partial charge < -0.3 is 10.2 Å². The van der Waals surface area contributed by atoms with E-state index in [2.05, 4.69) is 37.8 Å². The standard InChI is InChI=1S/C22H30N6S/c1-27-10-8-22(9-11-27)13-28(14-22)29-21-24-20(25-26-21)23-19-17-6-2-4-15(17)12-16-5-3-7-18(16)19/h12H,2-11,13-14H2,1H3,(H2,23,24,25,26). The fraction of sp³-hybridized carbons (Fsp3) is 0.636. The highest BCUT2D eigenvalue weighted by atomic mass is 32.2. The van der Waals surface area contributed by atoms with Crippen LogP contribution in [0, 0.1) is 5.41 Å². The minimum atomic E-state index is 0.544. The van der Waals surface area contributed by atoms with Gasteiger partial charge in [-0.1, -0.05) is 6.07 Å². The Kier molecular flexibility index (Phi) is 4.39. The number of benzene rings is 1. The smallest absolute Gasteiger partial charge is 0.225 e. The Hall–Kier alpha value is -1.57. The van der Waals surface area contributed by atoms with Gasteiger partial charge in [-0.05, 0) is 93.8 Å². The average molecular weight is 411 g/mol. The summed E-state index contributed by atoms with van der Waals surface area (Å²) in [6, 6.07) is 2.47. The number of rotatable bonds is 4. The third-order valence-electron chi connectivity index (χ3n) is 7.46. The van der Waals surface area contributed by atoms with E-state index in [4.69, 9.17) is 4.98 Å². The summed E-state index contributed by atoms with van der Waals surface area (Å²) in [6.45, 7) is 4.81. The lowest BCUT2D eigenvalue weighted by atomic mass is 9.73. The molecule has 0 bridgehead atoms. The van der Waals surface area contributed by atoms with E-state index in [1.807, 2.05) is 0 Å². The van der Waals surface area contributed by atoms with E-state index in [0.717, 1.165) is 11.1 Å². The number of fused-ring (bicyclic) bond motifs is 2. The lowest BCUT2D eigenvalue weighted by Crippen LogP contribution is -2.57. The van der Waals surface area contributed by atoms with Gasteiger partial charge in [-0.2, -0.15) is 4.98 Å². The number of nitrogens with one attached hydrogen (secondary N) is 2. The largest absolute Gasteiger partial charge is 0.324 e. The highest BCUT2D eigenvalue weighted by molar-refractivity contribution is 7.96. The molecule has 0 amide bonds. The van der Waals surface area contributed by atoms with Gasteiger partial charge in [0.2, 0.25) is 11.1 Å². The summed E-state index contributed by atoms with van der Waals surface area (Å²) >= 11 is 1.71. The van der Waals surface area contributed by atoms with Crippen molar-refractivity contribution in [1.29, 1.82) is 0 Å². The quantitative estimate of drug-likeness (QED) is 0.752. The Morgan fingerprint density at radius 2 is 1.72 bits per heavy atom. The van der Waals surface area contributed by atoms with Gasteiger partial charge in [-0.3, -0.25) is 0 Å². The number of aryl methyl sites for hydroxylation is 2. The van der Waals surface area contributed by atoms with Crippen LogP contribution in [-0.4, -0.2) is 57.6 Å². The van der Waals surface area contributed by atoms with Crippen LogP contribution in [-0.2, 0) is 25.7 Å². The fourth-order valence-electron chi connectivity index (χ4n) is 5.72. The SMILES string of the molecule is CN1CCC2(CC1)CN(Sc1n[nH]c(Nc3c4c(cc5c3CCC5)CCC4)n1)C2. The average Bonchev–Trinajstić information content (AvgIpc) is 3.43. The molecule has 1 spiro atoms. The molecule has 3 heterocycles. The van der Waals surface area contributed by atoms with Crippen molar-refractivity contribution >= 4 is 23.6 Å². The third-order valence-corrected chi connectivity index (χ3v) is 8.33. The first-order valence-electron chi connectivity index (χ1n) is 11.1. The first-order chi connectivity index (χ1) is 14.2. The number of hydrogen-bond donors (Lipinski definition) is 2. The van der Waals surface area contributed by atoms with E-state index >= 15 is 0 Å². The highest BCUT2D eigenvalue weighted by Gasteiger charge is 2.45. The van der Waals surface area contributed by atoms with Crippen molar-refractivity contribution < 1.29 is 0 Å². The van der Waals surface area contributed by atoms with Crippen molar-refractivity contribution in [3.63, 3.8) is 0 Å². The van der Waals surface area contributed by atoms with Crippen LogP contribution in [0.5, 0.6) is 0 Å². The second-order valence-corrected chi connectivity index (χ2v) is 10.6. The van der Waals surface area contributed by atoms with Gasteiger partial charge >= 0.3 is 0 Å². The molecular weight excluding hydrogens is 380 g/mol. The van der Waals surface area contributed by atoms with Crippen molar-refractivity contribution in [2.75, 3.05) is 38.5 Å². The van der Waals surface area contributed by atoms with Gasteiger partial charge in [-0.15, -0.1) is 5.10 Å². The maximum Gasteiger partial charge on any atom is 0.225 e. The molecule has 2 aliphatic carbocycles. The van der Waals surface area contributed by atoms with Crippen molar-refractivity contribution in [3.05, 3.63) is 28.3 Å². The normalized spacial score (nSPS) is 23.2. The summed E-state index contributed by atoms with van der Waals surface area (Å²) < 4.78 is 2.43. The summed E-state index contributed by atoms with van der Waals surface area (Å²) in [5.41, 5.74) is 8.00. The highest BCUT2D eigenvalue weighted by Crippen LogP contribution is 2.44. The van der Waals surface area contributed by atoms with Crippen LogP contribution in [0.2, 0.25) is 0 Å². The summed E-state index contributed by atoms with van der Waals surface area (Å²) in [7, 11) is 2.23. The minimum Gasteiger partial charge on any atom is -0.324 e. The summed E-state index contributed by atoms with van der Waals surface area (Å²) in [4.78, 5) is 7.21. The Morgan fingerprint density at radius 1 is 1.03 bits per heavy atom. The van der Waals surface area contributed by atoms with Gasteiger partial charge in [0, 0.05) is 36.1 Å². The van der Waals surface area contributed by atoms with Gasteiger partial charge in [0.15, 0.2) is 0 Å². The number of piperidine rings is 1. The Bertz CT molecular complexity index is 889. The third kappa shape index (κ3) is 3.27. The lowest BCUT2D eigenvalue weighted by Gasteiger charge is -2.52. The van der Waals surface area contributed by atoms with Gasteiger partial charge in [0.05, 0.1) is 0 Å². The molecule has 4 aliphatic rings. The Labute approximate surface area is 177 Å². The molecule has 2 aliphatic heterocycles.